The van der Waals surface area contributed by atoms with Gasteiger partial charge in [0.05, 0.1) is 29.6 Å². The number of hydrogen-bond donors (Lipinski definition) is 2. The van der Waals surface area contributed by atoms with Gasteiger partial charge in [-0.15, -0.1) is 0 Å². The van der Waals surface area contributed by atoms with Crippen molar-refractivity contribution in [3.8, 4) is 17.3 Å². The largest absolute Gasteiger partial charge is 0.467 e. The SMILES string of the molecule is C=CC=N/C(=C/c1c(CC(C)(C)COC=O)c2cc(-c3cccc(CC(NC(=O)C(C(C)C)N(C)C=O)C(=O)N4CCCCN4)c3)ccc2n1C#N)C(C)OC. The van der Waals surface area contributed by atoms with Crippen LogP contribution in [0.4, 0.5) is 0 Å². The summed E-state index contributed by atoms with van der Waals surface area (Å²) >= 11 is 0. The highest BCUT2D eigenvalue weighted by atomic mass is 16.5. The van der Waals surface area contributed by atoms with Crippen molar-refractivity contribution in [3.05, 3.63) is 77.6 Å². The first-order valence-electron chi connectivity index (χ1n) is 18.9. The Bertz CT molecular complexity index is 1990. The number of hydrogen-bond acceptors (Lipinski definition) is 9. The molecular weight excluding hydrogens is 711 g/mol. The number of ether oxygens (including phenoxy) is 2. The van der Waals surface area contributed by atoms with Crippen LogP contribution in [0.15, 0.2) is 65.8 Å². The predicted octanol–water partition coefficient (Wildman–Crippen LogP) is 5.28. The highest BCUT2D eigenvalue weighted by Gasteiger charge is 2.33. The lowest BCUT2D eigenvalue weighted by molar-refractivity contribution is -0.142. The molecule has 0 radical (unpaired) electrons. The number of rotatable bonds is 19. The minimum absolute atomic E-state index is 0.170. The third-order valence-corrected chi connectivity index (χ3v) is 9.99. The molecule has 13 heteroatoms. The molecule has 4 rings (SSSR count). The van der Waals surface area contributed by atoms with Crippen LogP contribution in [0.25, 0.3) is 28.1 Å². The summed E-state index contributed by atoms with van der Waals surface area (Å²) in [5.41, 5.74) is 8.05. The van der Waals surface area contributed by atoms with Crippen molar-refractivity contribution >= 4 is 47.9 Å². The molecule has 3 atom stereocenters. The molecule has 3 aromatic rings. The van der Waals surface area contributed by atoms with Crippen molar-refractivity contribution in [1.29, 1.82) is 5.26 Å². The standard InChI is InChI=1S/C43H55N7O6/c1-9-17-45-36(30(4)55-8)23-39-35(24-43(5,6)25-56-28-52)34-22-33(15-16-38(34)49(39)26-44)32-14-12-13-31(20-32)21-37(42(54)50-19-11-10-18-46-50)47-41(53)40(29(2)3)48(7)27-51/h9,12-17,20,22-23,27-30,37,40,46H,1,10-11,18-19,21,24-25H2,2-8H3,(H,47,53)/b36-23+,45-17?. The number of carbonyl (C=O) groups is 4. The lowest BCUT2D eigenvalue weighted by Gasteiger charge is -2.33. The third-order valence-electron chi connectivity index (χ3n) is 9.99. The molecule has 1 aromatic heterocycles. The van der Waals surface area contributed by atoms with E-state index in [4.69, 9.17) is 9.47 Å². The van der Waals surface area contributed by atoms with Crippen LogP contribution >= 0.6 is 0 Å². The van der Waals surface area contributed by atoms with E-state index in [0.29, 0.717) is 49.3 Å². The van der Waals surface area contributed by atoms with Crippen LogP contribution in [0.2, 0.25) is 0 Å². The molecule has 13 nitrogen and oxygen atoms in total. The number of nitrogens with zero attached hydrogens (tertiary/aromatic N) is 5. The van der Waals surface area contributed by atoms with Gasteiger partial charge in [0, 0.05) is 50.7 Å². The number of likely N-dealkylation sites (N-methyl/N-ethyl adjacent to an activating group) is 1. The normalized spacial score (nSPS) is 15.3. The summed E-state index contributed by atoms with van der Waals surface area (Å²) in [4.78, 5) is 56.3. The fourth-order valence-electron chi connectivity index (χ4n) is 7.11. The fourth-order valence-corrected chi connectivity index (χ4v) is 7.11. The molecule has 2 N–H and O–H groups in total. The van der Waals surface area contributed by atoms with E-state index < -0.39 is 23.4 Å². The second kappa shape index (κ2) is 19.8. The van der Waals surface area contributed by atoms with Crippen molar-refractivity contribution in [2.75, 3.05) is 33.9 Å². The van der Waals surface area contributed by atoms with E-state index in [1.54, 1.807) is 36.0 Å². The molecule has 1 fully saturated rings. The predicted molar refractivity (Wildman–Crippen MR) is 218 cm³/mol. The Balaban J connectivity index is 1.82. The zero-order valence-electron chi connectivity index (χ0n) is 33.6. The van der Waals surface area contributed by atoms with E-state index in [1.165, 1.54) is 4.90 Å². The van der Waals surface area contributed by atoms with Crippen molar-refractivity contribution in [1.82, 2.24) is 25.2 Å². The lowest BCUT2D eigenvalue weighted by Crippen LogP contribution is -2.58. The molecule has 298 valence electrons. The number of fused-ring (bicyclic) bond motifs is 1. The molecule has 0 saturated carbocycles. The number of methoxy groups -OCH3 is 1. The van der Waals surface area contributed by atoms with Crippen LogP contribution in [-0.4, -0.2) is 97.4 Å². The molecule has 0 aliphatic carbocycles. The number of benzene rings is 2. The Morgan fingerprint density at radius 3 is 2.52 bits per heavy atom. The minimum atomic E-state index is -0.888. The van der Waals surface area contributed by atoms with E-state index in [1.807, 2.05) is 83.2 Å². The Hall–Kier alpha value is -5.58. The monoisotopic (exact) mass is 765 g/mol. The van der Waals surface area contributed by atoms with E-state index in [0.717, 1.165) is 40.5 Å². The van der Waals surface area contributed by atoms with Crippen LogP contribution in [0.3, 0.4) is 0 Å². The summed E-state index contributed by atoms with van der Waals surface area (Å²) < 4.78 is 12.4. The number of aliphatic imine (C=N–C) groups is 1. The molecule has 1 saturated heterocycles. The van der Waals surface area contributed by atoms with Gasteiger partial charge in [-0.1, -0.05) is 70.7 Å². The number of allylic oxidation sites excluding steroid dienone is 1. The van der Waals surface area contributed by atoms with E-state index >= 15 is 0 Å². The first-order valence-corrected chi connectivity index (χ1v) is 18.9. The van der Waals surface area contributed by atoms with Crippen LogP contribution in [-0.2, 0) is 41.5 Å². The van der Waals surface area contributed by atoms with Crippen LogP contribution in [0.5, 0.6) is 0 Å². The Morgan fingerprint density at radius 1 is 1.14 bits per heavy atom. The van der Waals surface area contributed by atoms with Gasteiger partial charge < -0.3 is 19.7 Å². The van der Waals surface area contributed by atoms with Crippen molar-refractivity contribution in [2.45, 2.75) is 78.5 Å². The number of carbonyl (C=O) groups excluding carboxylic acids is 4. The summed E-state index contributed by atoms with van der Waals surface area (Å²) in [5, 5.41) is 15.9. The lowest BCUT2D eigenvalue weighted by atomic mass is 9.85. The average molecular weight is 766 g/mol. The van der Waals surface area contributed by atoms with Crippen LogP contribution in [0.1, 0.15) is 64.3 Å². The maximum absolute atomic E-state index is 13.9. The molecule has 1 aliphatic heterocycles. The first kappa shape index (κ1) is 43.2. The molecule has 3 amide bonds. The first-order chi connectivity index (χ1) is 26.8. The van der Waals surface area contributed by atoms with Gasteiger partial charge in [0.2, 0.25) is 12.3 Å². The topological polar surface area (TPSA) is 158 Å². The zero-order chi connectivity index (χ0) is 41.0. The summed E-state index contributed by atoms with van der Waals surface area (Å²) in [5.74, 6) is -0.822. The third kappa shape index (κ3) is 10.6. The quantitative estimate of drug-likeness (QED) is 0.123. The van der Waals surface area contributed by atoms with Crippen molar-refractivity contribution in [2.24, 2.45) is 16.3 Å². The van der Waals surface area contributed by atoms with E-state index in [9.17, 15) is 24.4 Å². The molecule has 56 heavy (non-hydrogen) atoms. The zero-order valence-corrected chi connectivity index (χ0v) is 33.6. The smallest absolute Gasteiger partial charge is 0.293 e. The molecular formula is C43H55N7O6. The van der Waals surface area contributed by atoms with Gasteiger partial charge in [-0.05, 0) is 72.6 Å². The molecule has 0 bridgehead atoms. The Labute approximate surface area is 330 Å². The highest BCUT2D eigenvalue weighted by molar-refractivity contribution is 5.93. The average Bonchev–Trinajstić information content (AvgIpc) is 3.47. The summed E-state index contributed by atoms with van der Waals surface area (Å²) in [6.07, 6.45) is 10.1. The molecule has 2 heterocycles. The van der Waals surface area contributed by atoms with Crippen LogP contribution in [0, 0.1) is 22.8 Å². The summed E-state index contributed by atoms with van der Waals surface area (Å²) in [7, 11) is 3.15. The summed E-state index contributed by atoms with van der Waals surface area (Å²) in [6, 6.07) is 12.1. The summed E-state index contributed by atoms with van der Waals surface area (Å²) in [6.45, 7) is 15.1. The maximum atomic E-state index is 13.9. The van der Waals surface area contributed by atoms with Gasteiger partial charge >= 0.3 is 0 Å². The van der Waals surface area contributed by atoms with Crippen LogP contribution < -0.4 is 10.7 Å². The van der Waals surface area contributed by atoms with Gasteiger partial charge in [-0.25, -0.2) is 9.99 Å². The number of nitriles is 1. The molecule has 3 unspecified atom stereocenters. The molecule has 2 aromatic carbocycles. The van der Waals surface area contributed by atoms with Crippen molar-refractivity contribution < 1.29 is 28.7 Å². The van der Waals surface area contributed by atoms with Crippen molar-refractivity contribution in [3.63, 3.8) is 0 Å². The van der Waals surface area contributed by atoms with E-state index in [2.05, 4.69) is 28.5 Å². The van der Waals surface area contributed by atoms with Gasteiger partial charge in [0.25, 0.3) is 12.4 Å². The Kier molecular flexibility index (Phi) is 15.3. The van der Waals surface area contributed by atoms with Gasteiger partial charge in [-0.3, -0.25) is 29.2 Å². The van der Waals surface area contributed by atoms with E-state index in [-0.39, 0.29) is 31.0 Å². The molecule has 1 aliphatic rings. The second-order valence-electron chi connectivity index (χ2n) is 15.3. The number of aromatic nitrogens is 1. The van der Waals surface area contributed by atoms with Gasteiger partial charge in [0.15, 0.2) is 6.19 Å². The minimum Gasteiger partial charge on any atom is -0.467 e. The molecule has 0 spiro atoms. The Morgan fingerprint density at radius 2 is 1.89 bits per heavy atom. The van der Waals surface area contributed by atoms with Gasteiger partial charge in [0.1, 0.15) is 12.1 Å². The van der Waals surface area contributed by atoms with Gasteiger partial charge in [-0.2, -0.15) is 5.26 Å². The fraction of sp³-hybridized carbons (Fsp3) is 0.442. The second-order valence-corrected chi connectivity index (χ2v) is 15.3. The maximum Gasteiger partial charge on any atom is 0.293 e. The number of amides is 3. The highest BCUT2D eigenvalue weighted by Crippen LogP contribution is 2.36. The number of hydrazine groups is 1. The number of nitrogens with one attached hydrogen (secondary N) is 2.